The van der Waals surface area contributed by atoms with Crippen LogP contribution in [0.3, 0.4) is 0 Å². The fraction of sp³-hybridized carbons (Fsp3) is 0.382. The van der Waals surface area contributed by atoms with Gasteiger partial charge in [0, 0.05) is 0 Å². The molecule has 0 aliphatic carbocycles. The standard InChI is InChI=1S/C34H42N2O7Si/c1-33(2,3)43-32(40)36-27(28(29(37)30(36)38)35-31(39)41-22-24-16-10-7-11-17-24)23-42-44(34(4,5)6,25-18-12-8-13-19-25)26-20-14-9-15-21-26/h7-21,27-29,37H,22-23H2,1-6H3,(H,35,39)/t27-,28-,29-/m1/s1. The molecular formula is C34H42N2O7Si. The number of aliphatic hydroxyl groups is 1. The van der Waals surface area contributed by atoms with Crippen LogP contribution in [0.15, 0.2) is 91.0 Å². The summed E-state index contributed by atoms with van der Waals surface area (Å²) < 4.78 is 18.0. The van der Waals surface area contributed by atoms with Gasteiger partial charge in [0.1, 0.15) is 12.2 Å². The molecule has 1 fully saturated rings. The maximum Gasteiger partial charge on any atom is 0.417 e. The van der Waals surface area contributed by atoms with E-state index in [9.17, 15) is 19.5 Å². The monoisotopic (exact) mass is 618 g/mol. The quantitative estimate of drug-likeness (QED) is 0.361. The summed E-state index contributed by atoms with van der Waals surface area (Å²) in [6.07, 6.45) is -3.49. The highest BCUT2D eigenvalue weighted by atomic mass is 28.4. The first-order chi connectivity index (χ1) is 20.7. The molecule has 1 heterocycles. The molecule has 0 radical (unpaired) electrons. The zero-order chi connectivity index (χ0) is 32.1. The van der Waals surface area contributed by atoms with E-state index in [1.165, 1.54) is 0 Å². The van der Waals surface area contributed by atoms with Crippen molar-refractivity contribution in [2.45, 2.75) is 77.0 Å². The van der Waals surface area contributed by atoms with Crippen LogP contribution in [-0.2, 0) is 25.3 Å². The molecule has 9 nitrogen and oxygen atoms in total. The molecule has 0 unspecified atom stereocenters. The predicted octanol–water partition coefficient (Wildman–Crippen LogP) is 4.36. The van der Waals surface area contributed by atoms with E-state index >= 15 is 0 Å². The van der Waals surface area contributed by atoms with Gasteiger partial charge < -0.3 is 24.3 Å². The number of hydrogen-bond donors (Lipinski definition) is 2. The number of likely N-dealkylation sites (tertiary alicyclic amines) is 1. The summed E-state index contributed by atoms with van der Waals surface area (Å²) in [6.45, 7) is 11.2. The molecule has 3 amide bonds. The zero-order valence-corrected chi connectivity index (χ0v) is 27.2. The lowest BCUT2D eigenvalue weighted by Crippen LogP contribution is -2.68. The van der Waals surface area contributed by atoms with Gasteiger partial charge in [-0.2, -0.15) is 0 Å². The van der Waals surface area contributed by atoms with E-state index in [2.05, 4.69) is 26.1 Å². The maximum atomic E-state index is 13.4. The number of carbonyl (C=O) groups is 3. The third-order valence-electron chi connectivity index (χ3n) is 7.55. The lowest BCUT2D eigenvalue weighted by molar-refractivity contribution is -0.134. The minimum Gasteiger partial charge on any atom is -0.445 e. The lowest BCUT2D eigenvalue weighted by atomic mass is 10.1. The third kappa shape index (κ3) is 7.20. The highest BCUT2D eigenvalue weighted by Crippen LogP contribution is 2.37. The number of hydrogen-bond acceptors (Lipinski definition) is 7. The van der Waals surface area contributed by atoms with Gasteiger partial charge in [0.25, 0.3) is 14.2 Å². The average molecular weight is 619 g/mol. The number of alkyl carbamates (subject to hydrolysis) is 1. The van der Waals surface area contributed by atoms with Crippen molar-refractivity contribution in [1.29, 1.82) is 0 Å². The van der Waals surface area contributed by atoms with Gasteiger partial charge in [-0.25, -0.2) is 14.5 Å². The molecule has 3 aromatic carbocycles. The van der Waals surface area contributed by atoms with Crippen molar-refractivity contribution in [3.05, 3.63) is 96.6 Å². The van der Waals surface area contributed by atoms with Crippen LogP contribution in [0.5, 0.6) is 0 Å². The van der Waals surface area contributed by atoms with Crippen molar-refractivity contribution >= 4 is 36.8 Å². The first kappa shape index (κ1) is 32.9. The number of ether oxygens (including phenoxy) is 2. The van der Waals surface area contributed by atoms with E-state index in [0.29, 0.717) is 0 Å². The lowest BCUT2D eigenvalue weighted by Gasteiger charge is -2.44. The molecule has 1 aliphatic heterocycles. The highest BCUT2D eigenvalue weighted by molar-refractivity contribution is 6.99. The molecule has 234 valence electrons. The van der Waals surface area contributed by atoms with Crippen LogP contribution in [0.4, 0.5) is 9.59 Å². The van der Waals surface area contributed by atoms with Crippen LogP contribution in [0.2, 0.25) is 5.04 Å². The number of carbonyl (C=O) groups excluding carboxylic acids is 3. The molecule has 1 saturated heterocycles. The number of imide groups is 1. The summed E-state index contributed by atoms with van der Waals surface area (Å²) >= 11 is 0. The van der Waals surface area contributed by atoms with E-state index in [1.807, 2.05) is 91.0 Å². The van der Waals surface area contributed by atoms with Gasteiger partial charge in [0.15, 0.2) is 6.10 Å². The molecule has 2 N–H and O–H groups in total. The Morgan fingerprint density at radius 2 is 1.34 bits per heavy atom. The van der Waals surface area contributed by atoms with E-state index in [-0.39, 0.29) is 13.2 Å². The molecule has 4 rings (SSSR count). The van der Waals surface area contributed by atoms with Gasteiger partial charge in [-0.05, 0) is 41.7 Å². The van der Waals surface area contributed by atoms with Gasteiger partial charge in [0.2, 0.25) is 0 Å². The van der Waals surface area contributed by atoms with E-state index < -0.39 is 55.2 Å². The first-order valence-electron chi connectivity index (χ1n) is 14.7. The molecule has 3 aromatic rings. The SMILES string of the molecule is CC(C)(C)OC(=O)N1C(=O)[C@H](O)[C@H](NC(=O)OCc2ccccc2)[C@H]1CO[Si](c1ccccc1)(c1ccccc1)C(C)(C)C. The number of aliphatic hydroxyl groups excluding tert-OH is 1. The summed E-state index contributed by atoms with van der Waals surface area (Å²) in [5, 5.41) is 15.3. The predicted molar refractivity (Wildman–Crippen MR) is 170 cm³/mol. The molecular weight excluding hydrogens is 576 g/mol. The van der Waals surface area contributed by atoms with Gasteiger partial charge >= 0.3 is 12.2 Å². The van der Waals surface area contributed by atoms with Crippen LogP contribution < -0.4 is 15.7 Å². The molecule has 0 bridgehead atoms. The van der Waals surface area contributed by atoms with Crippen molar-refractivity contribution in [1.82, 2.24) is 10.2 Å². The Balaban J connectivity index is 1.71. The molecule has 0 aromatic heterocycles. The zero-order valence-electron chi connectivity index (χ0n) is 26.2. The Hall–Kier alpha value is -3.99. The van der Waals surface area contributed by atoms with Crippen molar-refractivity contribution in [3.63, 3.8) is 0 Å². The van der Waals surface area contributed by atoms with Crippen molar-refractivity contribution in [3.8, 4) is 0 Å². The second kappa shape index (κ2) is 13.3. The Kier molecular flexibility index (Phi) is 9.97. The summed E-state index contributed by atoms with van der Waals surface area (Å²) in [4.78, 5) is 40.7. The number of rotatable bonds is 8. The maximum absolute atomic E-state index is 13.4. The normalized spacial score (nSPS) is 19.0. The van der Waals surface area contributed by atoms with Crippen LogP contribution in [0.1, 0.15) is 47.1 Å². The van der Waals surface area contributed by atoms with Gasteiger partial charge in [-0.15, -0.1) is 0 Å². The van der Waals surface area contributed by atoms with Gasteiger partial charge in [0.05, 0.1) is 18.7 Å². The van der Waals surface area contributed by atoms with Gasteiger partial charge in [-0.1, -0.05) is 112 Å². The van der Waals surface area contributed by atoms with Crippen LogP contribution in [0.25, 0.3) is 0 Å². The van der Waals surface area contributed by atoms with Crippen LogP contribution in [0, 0.1) is 0 Å². The highest BCUT2D eigenvalue weighted by Gasteiger charge is 2.55. The van der Waals surface area contributed by atoms with E-state index in [4.69, 9.17) is 13.9 Å². The molecule has 3 atom stereocenters. The van der Waals surface area contributed by atoms with Gasteiger partial charge in [-0.3, -0.25) is 4.79 Å². The second-order valence-corrected chi connectivity index (χ2v) is 17.2. The Labute approximate surface area is 260 Å². The average Bonchev–Trinajstić information content (AvgIpc) is 3.21. The van der Waals surface area contributed by atoms with E-state index in [1.54, 1.807) is 20.8 Å². The van der Waals surface area contributed by atoms with E-state index in [0.717, 1.165) is 20.8 Å². The number of amides is 3. The number of nitrogens with zero attached hydrogens (tertiary/aromatic N) is 1. The largest absolute Gasteiger partial charge is 0.445 e. The Morgan fingerprint density at radius 1 is 0.841 bits per heavy atom. The molecule has 0 saturated carbocycles. The fourth-order valence-corrected chi connectivity index (χ4v) is 10.2. The first-order valence-corrected chi connectivity index (χ1v) is 16.6. The third-order valence-corrected chi connectivity index (χ3v) is 12.6. The minimum absolute atomic E-state index is 0.0115. The molecule has 0 spiro atoms. The fourth-order valence-electron chi connectivity index (χ4n) is 5.59. The molecule has 44 heavy (non-hydrogen) atoms. The van der Waals surface area contributed by atoms with Crippen LogP contribution >= 0.6 is 0 Å². The number of nitrogens with one attached hydrogen (secondary N) is 1. The summed E-state index contributed by atoms with van der Waals surface area (Å²) in [5.41, 5.74) is -0.140. The summed E-state index contributed by atoms with van der Waals surface area (Å²) in [5.74, 6) is -0.886. The van der Waals surface area contributed by atoms with Crippen molar-refractivity contribution in [2.75, 3.05) is 6.61 Å². The minimum atomic E-state index is -3.12. The Morgan fingerprint density at radius 3 is 1.82 bits per heavy atom. The molecule has 1 aliphatic rings. The smallest absolute Gasteiger partial charge is 0.417 e. The van der Waals surface area contributed by atoms with Crippen molar-refractivity contribution < 1.29 is 33.4 Å². The second-order valence-electron chi connectivity index (χ2n) is 12.9. The summed E-state index contributed by atoms with van der Waals surface area (Å²) in [7, 11) is -3.12. The van der Waals surface area contributed by atoms with Crippen LogP contribution in [-0.4, -0.2) is 66.8 Å². The molecule has 10 heteroatoms. The van der Waals surface area contributed by atoms with Crippen molar-refractivity contribution in [2.24, 2.45) is 0 Å². The summed E-state index contributed by atoms with van der Waals surface area (Å²) in [6, 6.07) is 26.7. The Bertz CT molecular complexity index is 1380. The number of benzene rings is 3. The topological polar surface area (TPSA) is 114 Å².